The van der Waals surface area contributed by atoms with Crippen molar-refractivity contribution < 1.29 is 18.4 Å². The molecule has 0 aliphatic heterocycles. The van der Waals surface area contributed by atoms with Crippen molar-refractivity contribution in [3.05, 3.63) is 35.9 Å². The molecule has 0 aromatic heterocycles. The Bertz CT molecular complexity index is 655. The molecule has 5 N–H and O–H groups in total. The molecule has 0 aliphatic carbocycles. The van der Waals surface area contributed by atoms with Crippen LogP contribution in [-0.4, -0.2) is 61.6 Å². The summed E-state index contributed by atoms with van der Waals surface area (Å²) in [6.07, 6.45) is -0.0426. The van der Waals surface area contributed by atoms with Crippen LogP contribution in [0.1, 0.15) is 45.8 Å². The van der Waals surface area contributed by atoms with Gasteiger partial charge in [-0.15, -0.1) is 0 Å². The summed E-state index contributed by atoms with van der Waals surface area (Å²) in [6, 6.07) is 9.72. The van der Waals surface area contributed by atoms with Gasteiger partial charge in [-0.2, -0.15) is 0 Å². The molecular weight excluding hydrogens is 452 g/mol. The quantitative estimate of drug-likeness (QED) is 0.188. The molecule has 1 aromatic rings. The average Bonchev–Trinajstić information content (AvgIpc) is 2.73. The first-order valence-electron chi connectivity index (χ1n) is 10.6. The van der Waals surface area contributed by atoms with Crippen molar-refractivity contribution in [2.45, 2.75) is 52.3 Å². The number of hydrogen-bond acceptors (Lipinski definition) is 6. The lowest BCUT2D eigenvalue weighted by Gasteiger charge is -2.32. The maximum absolute atomic E-state index is 10.6. The number of hydrazine groups is 1. The van der Waals surface area contributed by atoms with Gasteiger partial charge in [0.15, 0.2) is 10.2 Å². The van der Waals surface area contributed by atoms with Gasteiger partial charge in [0.1, 0.15) is 0 Å². The summed E-state index contributed by atoms with van der Waals surface area (Å²) in [7, 11) is -2.75. The van der Waals surface area contributed by atoms with Crippen molar-refractivity contribution in [3.63, 3.8) is 0 Å². The highest BCUT2D eigenvalue weighted by Crippen LogP contribution is 2.19. The fraction of sp³-hybridized carbons (Fsp3) is 0.600. The van der Waals surface area contributed by atoms with Crippen LogP contribution in [0.3, 0.4) is 0 Å². The molecular formula is C20H36N4O4S2Si. The largest absolute Gasteiger partial charge is 0.500 e. The zero-order valence-corrected chi connectivity index (χ0v) is 21.4. The van der Waals surface area contributed by atoms with Crippen LogP contribution in [0.5, 0.6) is 0 Å². The number of thiocarbonyl (C=S) groups is 2. The van der Waals surface area contributed by atoms with Crippen LogP contribution >= 0.6 is 24.4 Å². The molecule has 8 nitrogen and oxygen atoms in total. The average molecular weight is 489 g/mol. The Morgan fingerprint density at radius 1 is 1.10 bits per heavy atom. The Balaban J connectivity index is 2.76. The van der Waals surface area contributed by atoms with Crippen molar-refractivity contribution in [1.82, 2.24) is 15.8 Å². The summed E-state index contributed by atoms with van der Waals surface area (Å²) in [5, 5.41) is 15.9. The van der Waals surface area contributed by atoms with Crippen LogP contribution in [0.15, 0.2) is 30.3 Å². The van der Waals surface area contributed by atoms with Crippen LogP contribution in [-0.2, 0) is 13.3 Å². The number of aliphatic hydroxyl groups excluding tert-OH is 1. The second kappa shape index (κ2) is 14.7. The van der Waals surface area contributed by atoms with Gasteiger partial charge in [0.05, 0.1) is 12.1 Å². The minimum absolute atomic E-state index is 0.100. The minimum atomic E-state index is -2.75. The third-order valence-corrected chi connectivity index (χ3v) is 7.99. The number of nitrogens with one attached hydrogen (secondary N) is 2. The van der Waals surface area contributed by atoms with Crippen molar-refractivity contribution in [2.24, 2.45) is 5.73 Å². The van der Waals surface area contributed by atoms with E-state index in [1.54, 1.807) is 5.01 Å². The molecule has 31 heavy (non-hydrogen) atoms. The number of rotatable bonds is 13. The lowest BCUT2D eigenvalue weighted by molar-refractivity contribution is 0.0702. The van der Waals surface area contributed by atoms with Crippen molar-refractivity contribution in [2.75, 3.05) is 26.4 Å². The molecule has 2 atom stereocenters. The van der Waals surface area contributed by atoms with E-state index in [-0.39, 0.29) is 11.2 Å². The van der Waals surface area contributed by atoms with E-state index in [9.17, 15) is 5.11 Å². The van der Waals surface area contributed by atoms with Crippen LogP contribution in [0, 0.1) is 0 Å². The fourth-order valence-electron chi connectivity index (χ4n) is 3.09. The Labute approximate surface area is 197 Å². The molecule has 0 saturated heterocycles. The third-order valence-electron chi connectivity index (χ3n) is 4.41. The first kappa shape index (κ1) is 27.7. The van der Waals surface area contributed by atoms with E-state index in [0.717, 1.165) is 5.56 Å². The molecule has 0 spiro atoms. The first-order chi connectivity index (χ1) is 14.8. The first-order valence-corrected chi connectivity index (χ1v) is 13.3. The number of nitrogens with zero attached hydrogens (tertiary/aromatic N) is 1. The highest BCUT2D eigenvalue weighted by Gasteiger charge is 2.39. The van der Waals surface area contributed by atoms with E-state index in [0.29, 0.717) is 43.9 Å². The second-order valence-corrected chi connectivity index (χ2v) is 10.4. The molecule has 0 heterocycles. The van der Waals surface area contributed by atoms with Gasteiger partial charge in [-0.1, -0.05) is 30.3 Å². The van der Waals surface area contributed by atoms with Gasteiger partial charge < -0.3 is 29.4 Å². The minimum Gasteiger partial charge on any atom is -0.386 e. The SMILES string of the molecule is CCO[Si](CCCN(NC(N)=S)C(=S)NC(C)C(O)c1ccccc1)(OCC)OCC. The summed E-state index contributed by atoms with van der Waals surface area (Å²) < 4.78 is 17.7. The van der Waals surface area contributed by atoms with E-state index in [1.807, 2.05) is 58.0 Å². The highest BCUT2D eigenvalue weighted by molar-refractivity contribution is 7.80. The molecule has 0 amide bonds. The van der Waals surface area contributed by atoms with Crippen LogP contribution in [0.2, 0.25) is 6.04 Å². The lowest BCUT2D eigenvalue weighted by Crippen LogP contribution is -2.55. The molecule has 2 unspecified atom stereocenters. The number of benzene rings is 1. The maximum atomic E-state index is 10.6. The van der Waals surface area contributed by atoms with Crippen LogP contribution < -0.4 is 16.5 Å². The van der Waals surface area contributed by atoms with Gasteiger partial charge in [0.2, 0.25) is 0 Å². The van der Waals surface area contributed by atoms with Gasteiger partial charge in [-0.3, -0.25) is 10.4 Å². The molecule has 0 bridgehead atoms. The second-order valence-electron chi connectivity index (χ2n) is 6.81. The molecule has 1 rings (SSSR count). The van der Waals surface area contributed by atoms with E-state index < -0.39 is 14.9 Å². The van der Waals surface area contributed by atoms with E-state index in [4.69, 9.17) is 43.4 Å². The standard InChI is InChI=1S/C20H36N4O4S2Si/c1-5-26-31(27-6-2,28-7-3)15-11-14-24(23-19(21)29)20(30)22-16(4)18(25)17-12-9-8-10-13-17/h8-10,12-13,16,18,25H,5-7,11,14-15H2,1-4H3,(H,22,30)(H3,21,23,29). The van der Waals surface area contributed by atoms with Gasteiger partial charge in [0, 0.05) is 32.4 Å². The van der Waals surface area contributed by atoms with Gasteiger partial charge in [0.25, 0.3) is 0 Å². The number of nitrogens with two attached hydrogens (primary N) is 1. The normalized spacial score (nSPS) is 13.3. The smallest absolute Gasteiger partial charge is 0.386 e. The van der Waals surface area contributed by atoms with E-state index in [1.165, 1.54) is 0 Å². The summed E-state index contributed by atoms with van der Waals surface area (Å²) in [4.78, 5) is 0. The zero-order valence-electron chi connectivity index (χ0n) is 18.8. The van der Waals surface area contributed by atoms with Gasteiger partial charge >= 0.3 is 8.80 Å². The van der Waals surface area contributed by atoms with Crippen molar-refractivity contribution >= 4 is 43.5 Å². The van der Waals surface area contributed by atoms with Crippen LogP contribution in [0.25, 0.3) is 0 Å². The summed E-state index contributed by atoms with van der Waals surface area (Å²) >= 11 is 10.5. The maximum Gasteiger partial charge on any atom is 0.500 e. The number of aliphatic hydroxyl groups is 1. The van der Waals surface area contributed by atoms with E-state index >= 15 is 0 Å². The summed E-state index contributed by atoms with van der Waals surface area (Å²) in [5.74, 6) is 0. The van der Waals surface area contributed by atoms with Gasteiger partial charge in [-0.25, -0.2) is 0 Å². The molecule has 0 fully saturated rings. The lowest BCUT2D eigenvalue weighted by atomic mass is 10.0. The summed E-state index contributed by atoms with van der Waals surface area (Å²) in [6.45, 7) is 9.72. The molecule has 1 aromatic carbocycles. The molecule has 0 saturated carbocycles. The number of hydrogen-bond donors (Lipinski definition) is 4. The molecule has 176 valence electrons. The van der Waals surface area contributed by atoms with Crippen molar-refractivity contribution in [3.8, 4) is 0 Å². The predicted molar refractivity (Wildman–Crippen MR) is 133 cm³/mol. The zero-order chi connectivity index (χ0) is 23.3. The Hall–Kier alpha value is -1.34. The fourth-order valence-corrected chi connectivity index (χ4v) is 6.11. The molecule has 0 aliphatic rings. The third kappa shape index (κ3) is 9.77. The predicted octanol–water partition coefficient (Wildman–Crippen LogP) is 2.47. The Kier molecular flexibility index (Phi) is 13.1. The Morgan fingerprint density at radius 3 is 2.13 bits per heavy atom. The summed E-state index contributed by atoms with van der Waals surface area (Å²) in [5.41, 5.74) is 9.39. The Morgan fingerprint density at radius 2 is 1.65 bits per heavy atom. The highest BCUT2D eigenvalue weighted by atomic mass is 32.1. The monoisotopic (exact) mass is 488 g/mol. The van der Waals surface area contributed by atoms with Crippen molar-refractivity contribution in [1.29, 1.82) is 0 Å². The molecule has 11 heteroatoms. The van der Waals surface area contributed by atoms with E-state index in [2.05, 4.69) is 10.7 Å². The van der Waals surface area contributed by atoms with Crippen LogP contribution in [0.4, 0.5) is 0 Å². The topological polar surface area (TPSA) is 101 Å². The van der Waals surface area contributed by atoms with Gasteiger partial charge in [-0.05, 0) is 64.1 Å². The molecule has 0 radical (unpaired) electrons.